The molecular weight excluding hydrogens is 400 g/mol. The van der Waals surface area contributed by atoms with Gasteiger partial charge in [0.1, 0.15) is 18.0 Å². The second kappa shape index (κ2) is 8.49. The van der Waals surface area contributed by atoms with Gasteiger partial charge in [-0.05, 0) is 38.1 Å². The molecule has 2 aliphatic rings. The topological polar surface area (TPSA) is 72.9 Å². The number of benzene rings is 1. The summed E-state index contributed by atoms with van der Waals surface area (Å²) < 4.78 is 27.9. The van der Waals surface area contributed by atoms with Crippen LogP contribution >= 0.6 is 0 Å². The Labute approximate surface area is 179 Å². The molecule has 0 aliphatic carbocycles. The van der Waals surface area contributed by atoms with Crippen LogP contribution in [-0.2, 0) is 10.0 Å². The summed E-state index contributed by atoms with van der Waals surface area (Å²) in [5, 5.41) is 0. The van der Waals surface area contributed by atoms with E-state index in [1.807, 2.05) is 32.0 Å². The van der Waals surface area contributed by atoms with Crippen LogP contribution < -0.4 is 9.80 Å². The normalized spacial score (nSPS) is 19.3. The molecule has 2 aromatic rings. The van der Waals surface area contributed by atoms with Crippen molar-refractivity contribution in [3.63, 3.8) is 0 Å². The highest BCUT2D eigenvalue weighted by molar-refractivity contribution is 7.89. The largest absolute Gasteiger partial charge is 0.354 e. The molecule has 3 heterocycles. The Kier molecular flexibility index (Phi) is 5.95. The van der Waals surface area contributed by atoms with Gasteiger partial charge < -0.3 is 14.7 Å². The number of sulfonamides is 1. The van der Waals surface area contributed by atoms with Crippen molar-refractivity contribution < 1.29 is 8.42 Å². The van der Waals surface area contributed by atoms with Crippen molar-refractivity contribution in [2.24, 2.45) is 0 Å². The Hall–Kier alpha value is -2.23. The lowest BCUT2D eigenvalue weighted by Gasteiger charge is -2.36. The maximum absolute atomic E-state index is 13.2. The molecule has 30 heavy (non-hydrogen) atoms. The molecule has 0 bridgehead atoms. The van der Waals surface area contributed by atoms with Crippen molar-refractivity contribution in [2.75, 3.05) is 69.2 Å². The second-order valence-corrected chi connectivity index (χ2v) is 10.1. The van der Waals surface area contributed by atoms with Gasteiger partial charge in [0, 0.05) is 58.4 Å². The first-order valence-electron chi connectivity index (χ1n) is 10.4. The van der Waals surface area contributed by atoms with Crippen molar-refractivity contribution in [1.29, 1.82) is 0 Å². The molecule has 4 rings (SSSR count). The summed E-state index contributed by atoms with van der Waals surface area (Å²) in [5.74, 6) is 1.81. The first-order valence-corrected chi connectivity index (χ1v) is 11.9. The van der Waals surface area contributed by atoms with Crippen LogP contribution in [0.25, 0.3) is 0 Å². The van der Waals surface area contributed by atoms with Crippen LogP contribution in [0.4, 0.5) is 11.6 Å². The quantitative estimate of drug-likeness (QED) is 0.725. The highest BCUT2D eigenvalue weighted by Crippen LogP contribution is 2.25. The molecule has 0 spiro atoms. The summed E-state index contributed by atoms with van der Waals surface area (Å²) >= 11 is 0. The van der Waals surface area contributed by atoms with Crippen molar-refractivity contribution in [2.45, 2.75) is 18.7 Å². The van der Waals surface area contributed by atoms with Crippen molar-refractivity contribution >= 4 is 21.7 Å². The van der Waals surface area contributed by atoms with E-state index in [2.05, 4.69) is 31.7 Å². The first kappa shape index (κ1) is 21.0. The number of hydrogen-bond donors (Lipinski definition) is 0. The lowest BCUT2D eigenvalue weighted by atomic mass is 10.2. The molecule has 2 saturated heterocycles. The number of aromatic nitrogens is 2. The SMILES string of the molecule is Cc1ccc(C)c(S(=O)(=O)N2CCN(c3cc(N4CCN(C)CC4)ncn3)CC2)c1. The number of hydrogen-bond acceptors (Lipinski definition) is 7. The molecule has 0 radical (unpaired) electrons. The van der Waals surface area contributed by atoms with Crippen molar-refractivity contribution in [3.05, 3.63) is 41.7 Å². The summed E-state index contributed by atoms with van der Waals surface area (Å²) in [6.07, 6.45) is 1.61. The van der Waals surface area contributed by atoms with Crippen LogP contribution in [0.3, 0.4) is 0 Å². The van der Waals surface area contributed by atoms with E-state index in [1.54, 1.807) is 16.7 Å². The van der Waals surface area contributed by atoms with Crippen LogP contribution in [0, 0.1) is 13.8 Å². The molecule has 2 aliphatic heterocycles. The molecule has 2 fully saturated rings. The minimum Gasteiger partial charge on any atom is -0.354 e. The van der Waals surface area contributed by atoms with Crippen molar-refractivity contribution in [1.82, 2.24) is 19.2 Å². The fraction of sp³-hybridized carbons (Fsp3) is 0.524. The Morgan fingerprint density at radius 3 is 1.97 bits per heavy atom. The number of likely N-dealkylation sites (N-methyl/N-ethyl adjacent to an activating group) is 1. The molecule has 1 aromatic heterocycles. The van der Waals surface area contributed by atoms with Gasteiger partial charge in [0.05, 0.1) is 4.90 Å². The van der Waals surface area contributed by atoms with Gasteiger partial charge in [0.2, 0.25) is 10.0 Å². The minimum atomic E-state index is -3.49. The fourth-order valence-corrected chi connectivity index (χ4v) is 5.73. The number of nitrogens with zero attached hydrogens (tertiary/aromatic N) is 6. The standard InChI is InChI=1S/C21H30N6O2S/c1-17-4-5-18(2)19(14-17)30(28,29)27-12-10-26(11-13-27)21-15-20(22-16-23-21)25-8-6-24(3)7-9-25/h4-5,14-16H,6-13H2,1-3H3. The van der Waals surface area contributed by atoms with E-state index in [0.29, 0.717) is 31.1 Å². The molecule has 0 unspecified atom stereocenters. The lowest BCUT2D eigenvalue weighted by Crippen LogP contribution is -2.49. The number of rotatable bonds is 4. The van der Waals surface area contributed by atoms with Gasteiger partial charge in [-0.15, -0.1) is 0 Å². The predicted molar refractivity (Wildman–Crippen MR) is 119 cm³/mol. The predicted octanol–water partition coefficient (Wildman–Crippen LogP) is 1.36. The Bertz CT molecular complexity index is 996. The molecule has 1 aromatic carbocycles. The highest BCUT2D eigenvalue weighted by atomic mass is 32.2. The van der Waals surface area contributed by atoms with E-state index in [0.717, 1.165) is 48.9 Å². The average Bonchev–Trinajstić information content (AvgIpc) is 2.76. The first-order chi connectivity index (χ1) is 14.3. The van der Waals surface area contributed by atoms with Crippen LogP contribution in [0.2, 0.25) is 0 Å². The van der Waals surface area contributed by atoms with Crippen LogP contribution in [-0.4, -0.2) is 87.0 Å². The Morgan fingerprint density at radius 1 is 0.800 bits per heavy atom. The van der Waals surface area contributed by atoms with E-state index in [4.69, 9.17) is 0 Å². The molecule has 0 N–H and O–H groups in total. The van der Waals surface area contributed by atoms with Gasteiger partial charge in [-0.3, -0.25) is 0 Å². The zero-order valence-corrected chi connectivity index (χ0v) is 18.8. The third-order valence-corrected chi connectivity index (χ3v) is 8.03. The molecule has 162 valence electrons. The summed E-state index contributed by atoms with van der Waals surface area (Å²) in [6, 6.07) is 7.61. The lowest BCUT2D eigenvalue weighted by molar-refractivity contribution is 0.312. The van der Waals surface area contributed by atoms with E-state index >= 15 is 0 Å². The summed E-state index contributed by atoms with van der Waals surface area (Å²) in [6.45, 7) is 9.85. The Balaban J connectivity index is 1.45. The number of aryl methyl sites for hydroxylation is 2. The maximum atomic E-state index is 13.2. The van der Waals surface area contributed by atoms with Gasteiger partial charge >= 0.3 is 0 Å². The third kappa shape index (κ3) is 4.28. The average molecular weight is 431 g/mol. The summed E-state index contributed by atoms with van der Waals surface area (Å²) in [7, 11) is -1.36. The Morgan fingerprint density at radius 2 is 1.37 bits per heavy atom. The van der Waals surface area contributed by atoms with Crippen LogP contribution in [0.15, 0.2) is 35.5 Å². The van der Waals surface area contributed by atoms with Crippen LogP contribution in [0.1, 0.15) is 11.1 Å². The number of anilines is 2. The monoisotopic (exact) mass is 430 g/mol. The minimum absolute atomic E-state index is 0.412. The molecular formula is C21H30N6O2S. The summed E-state index contributed by atoms with van der Waals surface area (Å²) in [5.41, 5.74) is 1.74. The van der Waals surface area contributed by atoms with Gasteiger partial charge in [-0.2, -0.15) is 4.31 Å². The van der Waals surface area contributed by atoms with Crippen molar-refractivity contribution in [3.8, 4) is 0 Å². The van der Waals surface area contributed by atoms with Crippen LogP contribution in [0.5, 0.6) is 0 Å². The molecule has 0 atom stereocenters. The van der Waals surface area contributed by atoms with Gasteiger partial charge in [-0.25, -0.2) is 18.4 Å². The number of piperazine rings is 2. The van der Waals surface area contributed by atoms with Gasteiger partial charge in [-0.1, -0.05) is 12.1 Å². The molecule has 8 nitrogen and oxygen atoms in total. The highest BCUT2D eigenvalue weighted by Gasteiger charge is 2.30. The van der Waals surface area contributed by atoms with E-state index in [9.17, 15) is 8.42 Å². The van der Waals surface area contributed by atoms with E-state index in [1.165, 1.54) is 0 Å². The molecule has 0 amide bonds. The van der Waals surface area contributed by atoms with Gasteiger partial charge in [0.15, 0.2) is 0 Å². The maximum Gasteiger partial charge on any atom is 0.243 e. The fourth-order valence-electron chi connectivity index (χ4n) is 4.00. The zero-order chi connectivity index (χ0) is 21.3. The third-order valence-electron chi connectivity index (χ3n) is 5.99. The zero-order valence-electron chi connectivity index (χ0n) is 18.0. The smallest absolute Gasteiger partial charge is 0.243 e. The van der Waals surface area contributed by atoms with E-state index in [-0.39, 0.29) is 0 Å². The second-order valence-electron chi connectivity index (χ2n) is 8.18. The van der Waals surface area contributed by atoms with Gasteiger partial charge in [0.25, 0.3) is 0 Å². The summed E-state index contributed by atoms with van der Waals surface area (Å²) in [4.78, 5) is 16.1. The van der Waals surface area contributed by atoms with E-state index < -0.39 is 10.0 Å². The molecule has 9 heteroatoms. The molecule has 0 saturated carbocycles.